The maximum absolute atomic E-state index is 12.3. The highest BCUT2D eigenvalue weighted by molar-refractivity contribution is 5.87. The largest absolute Gasteiger partial charge is 0.354 e. The Morgan fingerprint density at radius 2 is 2.10 bits per heavy atom. The molecule has 0 aromatic heterocycles. The van der Waals surface area contributed by atoms with E-state index in [0.717, 1.165) is 38.6 Å². The fourth-order valence-corrected chi connectivity index (χ4v) is 2.66. The molecule has 2 amide bonds. The van der Waals surface area contributed by atoms with Crippen molar-refractivity contribution in [2.75, 3.05) is 13.1 Å². The van der Waals surface area contributed by atoms with Gasteiger partial charge < -0.3 is 16.0 Å². The summed E-state index contributed by atoms with van der Waals surface area (Å²) in [6.07, 6.45) is 5.04. The van der Waals surface area contributed by atoms with Gasteiger partial charge in [0.2, 0.25) is 11.8 Å². The minimum absolute atomic E-state index is 0.00331. The molecule has 116 valence electrons. The van der Waals surface area contributed by atoms with E-state index >= 15 is 0 Å². The molecule has 0 bridgehead atoms. The van der Waals surface area contributed by atoms with Crippen LogP contribution in [0.4, 0.5) is 0 Å². The van der Waals surface area contributed by atoms with Gasteiger partial charge in [0.25, 0.3) is 0 Å². The summed E-state index contributed by atoms with van der Waals surface area (Å²) in [6, 6.07) is 0.195. The minimum Gasteiger partial charge on any atom is -0.354 e. The second-order valence-corrected chi connectivity index (χ2v) is 5.75. The second kappa shape index (κ2) is 8.25. The highest BCUT2D eigenvalue weighted by Gasteiger charge is 2.39. The van der Waals surface area contributed by atoms with Crippen LogP contribution in [-0.4, -0.2) is 36.5 Å². The van der Waals surface area contributed by atoms with Crippen molar-refractivity contribution in [1.29, 1.82) is 0 Å². The Morgan fingerprint density at radius 1 is 1.35 bits per heavy atom. The van der Waals surface area contributed by atoms with Crippen molar-refractivity contribution in [2.45, 2.75) is 70.9 Å². The Hall–Kier alpha value is -1.10. The van der Waals surface area contributed by atoms with Crippen LogP contribution in [0.1, 0.15) is 59.3 Å². The Labute approximate surface area is 122 Å². The van der Waals surface area contributed by atoms with Crippen molar-refractivity contribution in [3.8, 4) is 0 Å². The van der Waals surface area contributed by atoms with Crippen LogP contribution in [0.15, 0.2) is 0 Å². The van der Waals surface area contributed by atoms with Crippen molar-refractivity contribution >= 4 is 11.8 Å². The summed E-state index contributed by atoms with van der Waals surface area (Å²) >= 11 is 0. The van der Waals surface area contributed by atoms with Gasteiger partial charge in [-0.15, -0.1) is 0 Å². The smallest absolute Gasteiger partial charge is 0.240 e. The van der Waals surface area contributed by atoms with E-state index in [2.05, 4.69) is 22.9 Å². The predicted octanol–water partition coefficient (Wildman–Crippen LogP) is 1.33. The van der Waals surface area contributed by atoms with Crippen LogP contribution in [0.2, 0.25) is 0 Å². The standard InChI is InChI=1S/C15H29N3O2/c1-4-8-15(9-6-10-17-15)14(20)16-11-7-13(19)18-12(3)5-2/h12,17H,4-11H2,1-3H3,(H,16,20)(H,18,19). The van der Waals surface area contributed by atoms with Crippen molar-refractivity contribution in [3.63, 3.8) is 0 Å². The molecule has 20 heavy (non-hydrogen) atoms. The fraction of sp³-hybridized carbons (Fsp3) is 0.867. The van der Waals surface area contributed by atoms with E-state index in [1.54, 1.807) is 0 Å². The first-order chi connectivity index (χ1) is 9.54. The second-order valence-electron chi connectivity index (χ2n) is 5.75. The van der Waals surface area contributed by atoms with E-state index in [1.807, 2.05) is 13.8 Å². The maximum atomic E-state index is 12.3. The van der Waals surface area contributed by atoms with Crippen molar-refractivity contribution in [1.82, 2.24) is 16.0 Å². The van der Waals surface area contributed by atoms with Gasteiger partial charge in [0.15, 0.2) is 0 Å². The molecule has 5 heteroatoms. The van der Waals surface area contributed by atoms with Crippen molar-refractivity contribution in [3.05, 3.63) is 0 Å². The van der Waals surface area contributed by atoms with E-state index in [1.165, 1.54) is 0 Å². The molecule has 1 aliphatic rings. The molecule has 0 aromatic rings. The van der Waals surface area contributed by atoms with Crippen LogP contribution in [0.3, 0.4) is 0 Å². The number of hydrogen-bond donors (Lipinski definition) is 3. The fourth-order valence-electron chi connectivity index (χ4n) is 2.66. The molecular formula is C15H29N3O2. The number of amides is 2. The third kappa shape index (κ3) is 4.78. The summed E-state index contributed by atoms with van der Waals surface area (Å²) in [4.78, 5) is 24.0. The number of carbonyl (C=O) groups excluding carboxylic acids is 2. The molecule has 0 aliphatic carbocycles. The normalized spacial score (nSPS) is 23.4. The zero-order valence-corrected chi connectivity index (χ0v) is 13.1. The summed E-state index contributed by atoms with van der Waals surface area (Å²) in [7, 11) is 0. The zero-order valence-electron chi connectivity index (χ0n) is 13.1. The first-order valence-electron chi connectivity index (χ1n) is 7.86. The van der Waals surface area contributed by atoms with E-state index in [0.29, 0.717) is 13.0 Å². The summed E-state index contributed by atoms with van der Waals surface area (Å²) in [5.74, 6) is 0.0526. The lowest BCUT2D eigenvalue weighted by Gasteiger charge is -2.27. The molecule has 1 saturated heterocycles. The van der Waals surface area contributed by atoms with E-state index < -0.39 is 5.54 Å². The van der Waals surface area contributed by atoms with Gasteiger partial charge in [0.1, 0.15) is 0 Å². The number of hydrogen-bond acceptors (Lipinski definition) is 3. The van der Waals surface area contributed by atoms with Crippen LogP contribution in [-0.2, 0) is 9.59 Å². The van der Waals surface area contributed by atoms with Gasteiger partial charge in [-0.2, -0.15) is 0 Å². The predicted molar refractivity (Wildman–Crippen MR) is 80.4 cm³/mol. The summed E-state index contributed by atoms with van der Waals surface area (Å²) < 4.78 is 0. The van der Waals surface area contributed by atoms with E-state index in [4.69, 9.17) is 0 Å². The molecule has 1 heterocycles. The highest BCUT2D eigenvalue weighted by Crippen LogP contribution is 2.24. The highest BCUT2D eigenvalue weighted by atomic mass is 16.2. The summed E-state index contributed by atoms with van der Waals surface area (Å²) in [6.45, 7) is 7.42. The quantitative estimate of drug-likeness (QED) is 0.629. The third-order valence-electron chi connectivity index (χ3n) is 4.01. The molecule has 1 aliphatic heterocycles. The topological polar surface area (TPSA) is 70.2 Å². The third-order valence-corrected chi connectivity index (χ3v) is 4.01. The van der Waals surface area contributed by atoms with Crippen LogP contribution < -0.4 is 16.0 Å². The first-order valence-corrected chi connectivity index (χ1v) is 7.86. The van der Waals surface area contributed by atoms with Gasteiger partial charge in [-0.3, -0.25) is 9.59 Å². The molecule has 0 saturated carbocycles. The van der Waals surface area contributed by atoms with Crippen molar-refractivity contribution < 1.29 is 9.59 Å². The lowest BCUT2D eigenvalue weighted by molar-refractivity contribution is -0.127. The molecular weight excluding hydrogens is 254 g/mol. The Kier molecular flexibility index (Phi) is 6.99. The van der Waals surface area contributed by atoms with E-state index in [9.17, 15) is 9.59 Å². The molecule has 5 nitrogen and oxygen atoms in total. The molecule has 3 N–H and O–H groups in total. The zero-order chi connectivity index (χ0) is 15.0. The Morgan fingerprint density at radius 3 is 2.65 bits per heavy atom. The van der Waals surface area contributed by atoms with Gasteiger partial charge in [-0.25, -0.2) is 0 Å². The number of rotatable bonds is 8. The van der Waals surface area contributed by atoms with E-state index in [-0.39, 0.29) is 17.9 Å². The minimum atomic E-state index is -0.401. The van der Waals surface area contributed by atoms with Gasteiger partial charge in [0, 0.05) is 19.0 Å². The summed E-state index contributed by atoms with van der Waals surface area (Å²) in [5.41, 5.74) is -0.401. The SMILES string of the molecule is CCCC1(C(=O)NCCC(=O)NC(C)CC)CCCN1. The lowest BCUT2D eigenvalue weighted by Crippen LogP contribution is -2.53. The average molecular weight is 283 g/mol. The maximum Gasteiger partial charge on any atom is 0.240 e. The van der Waals surface area contributed by atoms with Gasteiger partial charge in [-0.05, 0) is 39.2 Å². The first kappa shape index (κ1) is 17.0. The van der Waals surface area contributed by atoms with Gasteiger partial charge >= 0.3 is 0 Å². The average Bonchev–Trinajstić information content (AvgIpc) is 2.88. The Bertz CT molecular complexity index is 325. The molecule has 1 rings (SSSR count). The van der Waals surface area contributed by atoms with Gasteiger partial charge in [0.05, 0.1) is 5.54 Å². The number of carbonyl (C=O) groups is 2. The monoisotopic (exact) mass is 283 g/mol. The van der Waals surface area contributed by atoms with Gasteiger partial charge in [-0.1, -0.05) is 20.3 Å². The number of nitrogens with one attached hydrogen (secondary N) is 3. The lowest BCUT2D eigenvalue weighted by atomic mass is 9.91. The molecule has 2 unspecified atom stereocenters. The summed E-state index contributed by atoms with van der Waals surface area (Å²) in [5, 5.41) is 9.15. The van der Waals surface area contributed by atoms with Crippen LogP contribution in [0, 0.1) is 0 Å². The van der Waals surface area contributed by atoms with Crippen LogP contribution in [0.5, 0.6) is 0 Å². The van der Waals surface area contributed by atoms with Crippen LogP contribution in [0.25, 0.3) is 0 Å². The van der Waals surface area contributed by atoms with Crippen LogP contribution >= 0.6 is 0 Å². The molecule has 2 atom stereocenters. The van der Waals surface area contributed by atoms with Crippen molar-refractivity contribution in [2.24, 2.45) is 0 Å². The molecule has 0 aromatic carbocycles. The Balaban J connectivity index is 2.33. The molecule has 0 spiro atoms. The molecule has 1 fully saturated rings. The molecule has 0 radical (unpaired) electrons.